The molecule has 1 fully saturated rings. The SMILES string of the molecule is COc1cc(C[C@]2(CCc3ccccn3)C(=O)NC(=O)N(c3ccccc3C)C2=O)cc(OC)c1OC. The van der Waals surface area contributed by atoms with Gasteiger partial charge in [0.25, 0.3) is 5.91 Å². The molecule has 3 aromatic rings. The number of urea groups is 1. The van der Waals surface area contributed by atoms with Gasteiger partial charge in [0.2, 0.25) is 11.7 Å². The summed E-state index contributed by atoms with van der Waals surface area (Å²) in [7, 11) is 4.49. The molecule has 1 atom stereocenters. The highest BCUT2D eigenvalue weighted by molar-refractivity contribution is 6.30. The molecule has 1 aromatic heterocycles. The molecule has 9 nitrogen and oxygen atoms in total. The molecule has 192 valence electrons. The van der Waals surface area contributed by atoms with Crippen LogP contribution in [0.2, 0.25) is 0 Å². The largest absolute Gasteiger partial charge is 0.493 e. The average molecular weight is 504 g/mol. The third-order valence-corrected chi connectivity index (χ3v) is 6.59. The first-order valence-corrected chi connectivity index (χ1v) is 11.8. The number of carbonyl (C=O) groups excluding carboxylic acids is 3. The molecule has 2 heterocycles. The number of carbonyl (C=O) groups is 3. The van der Waals surface area contributed by atoms with Gasteiger partial charge in [-0.15, -0.1) is 0 Å². The van der Waals surface area contributed by atoms with E-state index in [9.17, 15) is 14.4 Å². The topological polar surface area (TPSA) is 107 Å². The number of imide groups is 2. The van der Waals surface area contributed by atoms with E-state index in [2.05, 4.69) is 10.3 Å². The fourth-order valence-electron chi connectivity index (χ4n) is 4.65. The Morgan fingerprint density at radius 1 is 0.919 bits per heavy atom. The van der Waals surface area contributed by atoms with Gasteiger partial charge in [0.1, 0.15) is 5.41 Å². The number of para-hydroxylation sites is 1. The van der Waals surface area contributed by atoms with Crippen molar-refractivity contribution in [3.8, 4) is 17.2 Å². The zero-order valence-electron chi connectivity index (χ0n) is 21.2. The predicted octanol–water partition coefficient (Wildman–Crippen LogP) is 3.86. The Hall–Kier alpha value is -4.40. The number of nitrogens with one attached hydrogen (secondary N) is 1. The molecule has 1 aliphatic rings. The third kappa shape index (κ3) is 4.84. The quantitative estimate of drug-likeness (QED) is 0.442. The maximum atomic E-state index is 14.2. The number of nitrogens with zero attached hydrogens (tertiary/aromatic N) is 2. The third-order valence-electron chi connectivity index (χ3n) is 6.59. The molecule has 0 radical (unpaired) electrons. The highest BCUT2D eigenvalue weighted by atomic mass is 16.5. The minimum atomic E-state index is -1.60. The van der Waals surface area contributed by atoms with Gasteiger partial charge in [-0.25, -0.2) is 9.69 Å². The number of hydrogen-bond donors (Lipinski definition) is 1. The Labute approximate surface area is 215 Å². The van der Waals surface area contributed by atoms with Crippen molar-refractivity contribution < 1.29 is 28.6 Å². The van der Waals surface area contributed by atoms with E-state index >= 15 is 0 Å². The van der Waals surface area contributed by atoms with Gasteiger partial charge in [-0.1, -0.05) is 24.3 Å². The van der Waals surface area contributed by atoms with Crippen LogP contribution in [0.4, 0.5) is 10.5 Å². The molecule has 1 aliphatic heterocycles. The molecule has 9 heteroatoms. The van der Waals surface area contributed by atoms with Gasteiger partial charge in [0.15, 0.2) is 11.5 Å². The van der Waals surface area contributed by atoms with Crippen LogP contribution in [0.1, 0.15) is 23.2 Å². The monoisotopic (exact) mass is 503 g/mol. The summed E-state index contributed by atoms with van der Waals surface area (Å²) in [6.45, 7) is 1.81. The standard InChI is InChI=1S/C28H29N3O6/c1-18-9-5-6-11-21(18)31-26(33)28(25(32)30-27(31)34,13-12-20-10-7-8-14-29-20)17-19-15-22(35-2)24(37-4)23(16-19)36-3/h5-11,14-16H,12-13,17H2,1-4H3,(H,30,32,34)/t28-/m1/s1. The minimum absolute atomic E-state index is 0.00310. The zero-order valence-corrected chi connectivity index (χ0v) is 21.2. The molecule has 0 bridgehead atoms. The molecular weight excluding hydrogens is 474 g/mol. The summed E-state index contributed by atoms with van der Waals surface area (Å²) in [6, 6.07) is 15.2. The van der Waals surface area contributed by atoms with Crippen LogP contribution >= 0.6 is 0 Å². The number of aryl methyl sites for hydroxylation is 2. The summed E-state index contributed by atoms with van der Waals surface area (Å²) in [5.41, 5.74) is 0.888. The van der Waals surface area contributed by atoms with Crippen LogP contribution in [-0.2, 0) is 22.4 Å². The molecule has 4 amide bonds. The van der Waals surface area contributed by atoms with E-state index in [0.29, 0.717) is 34.9 Å². The number of amides is 4. The molecule has 0 unspecified atom stereocenters. The van der Waals surface area contributed by atoms with Crippen LogP contribution in [0, 0.1) is 12.3 Å². The van der Waals surface area contributed by atoms with E-state index in [0.717, 1.165) is 16.2 Å². The van der Waals surface area contributed by atoms with Gasteiger partial charge >= 0.3 is 6.03 Å². The van der Waals surface area contributed by atoms with Crippen LogP contribution in [0.5, 0.6) is 17.2 Å². The number of aromatic nitrogens is 1. The summed E-state index contributed by atoms with van der Waals surface area (Å²) in [4.78, 5) is 46.2. The molecule has 2 aromatic carbocycles. The van der Waals surface area contributed by atoms with Gasteiger partial charge in [-0.2, -0.15) is 0 Å². The fraction of sp³-hybridized carbons (Fsp3) is 0.286. The molecule has 0 saturated carbocycles. The van der Waals surface area contributed by atoms with Crippen LogP contribution in [-0.4, -0.2) is 44.2 Å². The second-order valence-corrected chi connectivity index (χ2v) is 8.80. The second-order valence-electron chi connectivity index (χ2n) is 8.80. The van der Waals surface area contributed by atoms with Gasteiger partial charge in [0, 0.05) is 11.9 Å². The normalized spacial score (nSPS) is 17.4. The summed E-state index contributed by atoms with van der Waals surface area (Å²) in [5.74, 6) is -0.0656. The van der Waals surface area contributed by atoms with Crippen LogP contribution in [0.15, 0.2) is 60.8 Å². The first-order valence-electron chi connectivity index (χ1n) is 11.8. The van der Waals surface area contributed by atoms with Gasteiger partial charge in [-0.05, 0) is 67.6 Å². The van der Waals surface area contributed by atoms with Crippen molar-refractivity contribution in [1.29, 1.82) is 0 Å². The van der Waals surface area contributed by atoms with Crippen molar-refractivity contribution in [2.24, 2.45) is 5.41 Å². The molecule has 1 N–H and O–H groups in total. The molecule has 0 spiro atoms. The lowest BCUT2D eigenvalue weighted by Crippen LogP contribution is -2.65. The van der Waals surface area contributed by atoms with Crippen molar-refractivity contribution in [1.82, 2.24) is 10.3 Å². The van der Waals surface area contributed by atoms with Crippen molar-refractivity contribution >= 4 is 23.5 Å². The summed E-state index contributed by atoms with van der Waals surface area (Å²) in [5, 5.41) is 2.43. The number of rotatable bonds is 9. The zero-order chi connectivity index (χ0) is 26.6. The van der Waals surface area contributed by atoms with Crippen molar-refractivity contribution in [2.45, 2.75) is 26.2 Å². The van der Waals surface area contributed by atoms with E-state index in [1.807, 2.05) is 18.2 Å². The smallest absolute Gasteiger partial charge is 0.335 e. The van der Waals surface area contributed by atoms with Crippen molar-refractivity contribution in [2.75, 3.05) is 26.2 Å². The maximum absolute atomic E-state index is 14.2. The summed E-state index contributed by atoms with van der Waals surface area (Å²) >= 11 is 0. The van der Waals surface area contributed by atoms with E-state index in [1.165, 1.54) is 21.3 Å². The number of hydrogen-bond acceptors (Lipinski definition) is 7. The number of methoxy groups -OCH3 is 3. The van der Waals surface area contributed by atoms with E-state index < -0.39 is 23.3 Å². The Balaban J connectivity index is 1.83. The Kier molecular flexibility index (Phi) is 7.42. The first-order chi connectivity index (χ1) is 17.8. The number of ether oxygens (including phenoxy) is 3. The Morgan fingerprint density at radius 2 is 1.59 bits per heavy atom. The lowest BCUT2D eigenvalue weighted by atomic mass is 9.73. The maximum Gasteiger partial charge on any atom is 0.335 e. The van der Waals surface area contributed by atoms with Crippen molar-refractivity contribution in [3.63, 3.8) is 0 Å². The molecule has 0 aliphatic carbocycles. The van der Waals surface area contributed by atoms with Crippen LogP contribution in [0.25, 0.3) is 0 Å². The summed E-state index contributed by atoms with van der Waals surface area (Å²) < 4.78 is 16.4. The highest BCUT2D eigenvalue weighted by Gasteiger charge is 2.54. The van der Waals surface area contributed by atoms with Crippen LogP contribution < -0.4 is 24.4 Å². The van der Waals surface area contributed by atoms with Gasteiger partial charge in [0.05, 0.1) is 27.0 Å². The molecule has 1 saturated heterocycles. The van der Waals surface area contributed by atoms with E-state index in [4.69, 9.17) is 14.2 Å². The van der Waals surface area contributed by atoms with E-state index in [-0.39, 0.29) is 12.8 Å². The van der Waals surface area contributed by atoms with E-state index in [1.54, 1.807) is 49.5 Å². The molecule has 4 rings (SSSR count). The number of barbiturate groups is 1. The number of benzene rings is 2. The highest BCUT2D eigenvalue weighted by Crippen LogP contribution is 2.42. The Bertz CT molecular complexity index is 1300. The lowest BCUT2D eigenvalue weighted by Gasteiger charge is -2.40. The Morgan fingerprint density at radius 3 is 2.19 bits per heavy atom. The average Bonchev–Trinajstić information content (AvgIpc) is 2.91. The second kappa shape index (κ2) is 10.7. The molecular formula is C28H29N3O6. The predicted molar refractivity (Wildman–Crippen MR) is 137 cm³/mol. The summed E-state index contributed by atoms with van der Waals surface area (Å²) in [6.07, 6.45) is 2.13. The van der Waals surface area contributed by atoms with Gasteiger partial charge in [-0.3, -0.25) is 19.9 Å². The van der Waals surface area contributed by atoms with Gasteiger partial charge < -0.3 is 14.2 Å². The first kappa shape index (κ1) is 25.7. The lowest BCUT2D eigenvalue weighted by molar-refractivity contribution is -0.143. The van der Waals surface area contributed by atoms with Crippen LogP contribution in [0.3, 0.4) is 0 Å². The minimum Gasteiger partial charge on any atom is -0.493 e. The number of anilines is 1. The fourth-order valence-corrected chi connectivity index (χ4v) is 4.65. The van der Waals surface area contributed by atoms with Crippen molar-refractivity contribution in [3.05, 3.63) is 77.6 Å². The molecule has 37 heavy (non-hydrogen) atoms. The number of pyridine rings is 1.